The zero-order valence-electron chi connectivity index (χ0n) is 18.3. The predicted molar refractivity (Wildman–Crippen MR) is 122 cm³/mol. The Balaban J connectivity index is 0.000000364. The van der Waals surface area contributed by atoms with E-state index in [1.165, 1.54) is 0 Å². The summed E-state index contributed by atoms with van der Waals surface area (Å²) < 4.78 is 39.7. The molecule has 10 nitrogen and oxygen atoms in total. The number of hydrogen-bond acceptors (Lipinski definition) is 8. The number of nitrogens with one attached hydrogen (secondary N) is 1. The Morgan fingerprint density at radius 3 is 2.54 bits per heavy atom. The lowest BCUT2D eigenvalue weighted by Gasteiger charge is -2.22. The molecule has 0 spiro atoms. The standard InChI is InChI=1S/C20H21N7O.C2HF3O2/c21-14-1-2-17-18(8-14)28-20(26-17)16-7-12(9-24-19(16)22)13-10-25-27(11-13)15-3-5-23-6-4-15;3-2(4,5)1(6)7/h1-2,7-11,15,23H,3-6,21H2,(H2,22,24);(H,6,7). The highest BCUT2D eigenvalue weighted by molar-refractivity contribution is 5.82. The molecule has 0 aliphatic carbocycles. The molecule has 0 saturated carbocycles. The number of pyridine rings is 1. The summed E-state index contributed by atoms with van der Waals surface area (Å²) in [6, 6.07) is 7.75. The molecule has 1 aliphatic rings. The SMILES string of the molecule is Nc1ccc2nc(-c3cc(-c4cnn(C5CCNCC5)c4)cnc3N)oc2c1.O=C(O)C(F)(F)F. The van der Waals surface area contributed by atoms with Crippen molar-refractivity contribution in [2.75, 3.05) is 24.6 Å². The molecular weight excluding hydrogens is 467 g/mol. The fourth-order valence-electron chi connectivity index (χ4n) is 3.62. The molecule has 6 N–H and O–H groups in total. The number of benzene rings is 1. The molecule has 35 heavy (non-hydrogen) atoms. The van der Waals surface area contributed by atoms with Gasteiger partial charge in [0.15, 0.2) is 5.58 Å². The fourth-order valence-corrected chi connectivity index (χ4v) is 3.62. The van der Waals surface area contributed by atoms with Gasteiger partial charge in [0.2, 0.25) is 5.89 Å². The molecule has 4 aromatic rings. The van der Waals surface area contributed by atoms with Crippen LogP contribution in [0.5, 0.6) is 0 Å². The van der Waals surface area contributed by atoms with Crippen molar-refractivity contribution in [2.24, 2.45) is 0 Å². The van der Waals surface area contributed by atoms with Crippen molar-refractivity contribution in [2.45, 2.75) is 25.1 Å². The van der Waals surface area contributed by atoms with Crippen LogP contribution in [0.2, 0.25) is 0 Å². The third-order valence-corrected chi connectivity index (χ3v) is 5.42. The van der Waals surface area contributed by atoms with E-state index in [2.05, 4.69) is 31.3 Å². The lowest BCUT2D eigenvalue weighted by Crippen LogP contribution is -2.29. The number of nitrogen functional groups attached to an aromatic ring is 2. The Labute approximate surface area is 196 Å². The smallest absolute Gasteiger partial charge is 0.475 e. The van der Waals surface area contributed by atoms with Crippen LogP contribution < -0.4 is 16.8 Å². The van der Waals surface area contributed by atoms with Crippen molar-refractivity contribution in [3.63, 3.8) is 0 Å². The van der Waals surface area contributed by atoms with Gasteiger partial charge in [0.25, 0.3) is 0 Å². The number of alkyl halides is 3. The summed E-state index contributed by atoms with van der Waals surface area (Å²) in [6.45, 7) is 2.05. The molecule has 0 atom stereocenters. The molecular formula is C22H22F3N7O3. The maximum atomic E-state index is 10.6. The molecule has 1 aromatic carbocycles. The first kappa shape index (κ1) is 24.0. The summed E-state index contributed by atoms with van der Waals surface area (Å²) in [4.78, 5) is 17.8. The van der Waals surface area contributed by atoms with Crippen molar-refractivity contribution in [3.05, 3.63) is 42.9 Å². The number of carbonyl (C=O) groups is 1. The van der Waals surface area contributed by atoms with Gasteiger partial charge in [-0.15, -0.1) is 0 Å². The largest absolute Gasteiger partial charge is 0.490 e. The van der Waals surface area contributed by atoms with Crippen molar-refractivity contribution in [1.29, 1.82) is 0 Å². The van der Waals surface area contributed by atoms with Gasteiger partial charge < -0.3 is 26.3 Å². The Bertz CT molecular complexity index is 1340. The summed E-state index contributed by atoms with van der Waals surface area (Å²) in [5, 5.41) is 15.1. The van der Waals surface area contributed by atoms with Crippen molar-refractivity contribution >= 4 is 28.6 Å². The zero-order valence-corrected chi connectivity index (χ0v) is 18.3. The minimum absolute atomic E-state index is 0.369. The third kappa shape index (κ3) is 5.51. The molecule has 1 fully saturated rings. The zero-order chi connectivity index (χ0) is 25.2. The molecule has 0 bridgehead atoms. The summed E-state index contributed by atoms with van der Waals surface area (Å²) in [7, 11) is 0. The van der Waals surface area contributed by atoms with Crippen LogP contribution in [-0.4, -0.2) is 50.1 Å². The first-order valence-corrected chi connectivity index (χ1v) is 10.6. The lowest BCUT2D eigenvalue weighted by atomic mass is 10.1. The average Bonchev–Trinajstić information content (AvgIpc) is 3.47. The van der Waals surface area contributed by atoms with Gasteiger partial charge in [-0.3, -0.25) is 4.68 Å². The number of aliphatic carboxylic acids is 1. The lowest BCUT2D eigenvalue weighted by molar-refractivity contribution is -0.192. The van der Waals surface area contributed by atoms with Gasteiger partial charge in [-0.2, -0.15) is 18.3 Å². The number of nitrogens with zero attached hydrogens (tertiary/aromatic N) is 4. The number of nitrogens with two attached hydrogens (primary N) is 2. The highest BCUT2D eigenvalue weighted by Crippen LogP contribution is 2.32. The monoisotopic (exact) mass is 489 g/mol. The molecule has 1 saturated heterocycles. The number of halogens is 3. The predicted octanol–water partition coefficient (Wildman–Crippen LogP) is 3.48. The minimum Gasteiger partial charge on any atom is -0.475 e. The van der Waals surface area contributed by atoms with Crippen LogP contribution in [0.15, 0.2) is 47.3 Å². The second-order valence-corrected chi connectivity index (χ2v) is 7.90. The summed E-state index contributed by atoms with van der Waals surface area (Å²) in [5.74, 6) is -1.96. The highest BCUT2D eigenvalue weighted by Gasteiger charge is 2.38. The molecule has 3 aromatic heterocycles. The van der Waals surface area contributed by atoms with E-state index in [1.807, 2.05) is 18.3 Å². The average molecular weight is 489 g/mol. The Morgan fingerprint density at radius 2 is 1.86 bits per heavy atom. The molecule has 0 unspecified atom stereocenters. The number of fused-ring (bicyclic) bond motifs is 1. The third-order valence-electron chi connectivity index (χ3n) is 5.42. The normalized spacial score (nSPS) is 14.5. The van der Waals surface area contributed by atoms with Gasteiger partial charge in [0.05, 0.1) is 17.8 Å². The Morgan fingerprint density at radius 1 is 1.14 bits per heavy atom. The van der Waals surface area contributed by atoms with E-state index in [1.54, 1.807) is 18.3 Å². The van der Waals surface area contributed by atoms with E-state index in [0.717, 1.165) is 42.6 Å². The van der Waals surface area contributed by atoms with Gasteiger partial charge in [0.1, 0.15) is 11.3 Å². The second-order valence-electron chi connectivity index (χ2n) is 7.90. The first-order valence-electron chi connectivity index (χ1n) is 10.6. The van der Waals surface area contributed by atoms with Gasteiger partial charge in [-0.25, -0.2) is 14.8 Å². The molecule has 4 heterocycles. The Kier molecular flexibility index (Phi) is 6.60. The molecule has 13 heteroatoms. The summed E-state index contributed by atoms with van der Waals surface area (Å²) in [6.07, 6.45) is 2.77. The van der Waals surface area contributed by atoms with Crippen molar-refractivity contribution in [3.8, 4) is 22.6 Å². The Hall–Kier alpha value is -4.13. The number of oxazole rings is 1. The second kappa shape index (κ2) is 9.62. The van der Waals surface area contributed by atoms with Crippen molar-refractivity contribution in [1.82, 2.24) is 25.1 Å². The van der Waals surface area contributed by atoms with Gasteiger partial charge >= 0.3 is 12.1 Å². The molecule has 5 rings (SSSR count). The maximum Gasteiger partial charge on any atom is 0.490 e. The van der Waals surface area contributed by atoms with E-state index < -0.39 is 12.1 Å². The first-order chi connectivity index (χ1) is 16.6. The molecule has 0 amide bonds. The van der Waals surface area contributed by atoms with Crippen LogP contribution in [0.3, 0.4) is 0 Å². The molecule has 0 radical (unpaired) electrons. The molecule has 184 valence electrons. The van der Waals surface area contributed by atoms with E-state index in [-0.39, 0.29) is 0 Å². The highest BCUT2D eigenvalue weighted by atomic mass is 19.4. The van der Waals surface area contributed by atoms with Crippen LogP contribution in [0.25, 0.3) is 33.7 Å². The number of hydrogen-bond donors (Lipinski definition) is 4. The number of carboxylic acids is 1. The molecule has 1 aliphatic heterocycles. The summed E-state index contributed by atoms with van der Waals surface area (Å²) >= 11 is 0. The minimum atomic E-state index is -5.08. The van der Waals surface area contributed by atoms with E-state index in [0.29, 0.717) is 34.6 Å². The summed E-state index contributed by atoms with van der Waals surface area (Å²) in [5.41, 5.74) is 16.5. The van der Waals surface area contributed by atoms with Gasteiger partial charge in [-0.05, 0) is 44.1 Å². The number of aromatic nitrogens is 4. The quantitative estimate of drug-likeness (QED) is 0.316. The van der Waals surface area contributed by atoms with Crippen molar-refractivity contribution < 1.29 is 27.5 Å². The van der Waals surface area contributed by atoms with E-state index in [9.17, 15) is 13.2 Å². The van der Waals surface area contributed by atoms with Crippen LogP contribution >= 0.6 is 0 Å². The van der Waals surface area contributed by atoms with E-state index in [4.69, 9.17) is 25.8 Å². The topological polar surface area (TPSA) is 158 Å². The van der Waals surface area contributed by atoms with Crippen LogP contribution in [0.1, 0.15) is 18.9 Å². The van der Waals surface area contributed by atoms with Crippen LogP contribution in [0.4, 0.5) is 24.7 Å². The fraction of sp³-hybridized carbons (Fsp3) is 0.273. The van der Waals surface area contributed by atoms with Crippen LogP contribution in [0, 0.1) is 0 Å². The number of anilines is 2. The van der Waals surface area contributed by atoms with Crippen LogP contribution in [-0.2, 0) is 4.79 Å². The van der Waals surface area contributed by atoms with E-state index >= 15 is 0 Å². The number of rotatable bonds is 3. The van der Waals surface area contributed by atoms with Gasteiger partial charge in [0, 0.05) is 35.3 Å². The number of carboxylic acid groups (broad SMARTS) is 1. The van der Waals surface area contributed by atoms with Gasteiger partial charge in [-0.1, -0.05) is 0 Å². The number of piperidine rings is 1. The maximum absolute atomic E-state index is 10.6.